The largest absolute Gasteiger partial charge is 0.508 e. The fourth-order valence-corrected chi connectivity index (χ4v) is 5.33. The van der Waals surface area contributed by atoms with Gasteiger partial charge in [0.1, 0.15) is 17.5 Å². The van der Waals surface area contributed by atoms with E-state index in [1.54, 1.807) is 54.7 Å². The van der Waals surface area contributed by atoms with E-state index in [9.17, 15) is 28.2 Å². The molecule has 7 nitrogen and oxygen atoms in total. The number of aromatic nitrogens is 2. The zero-order valence-corrected chi connectivity index (χ0v) is 23.4. The van der Waals surface area contributed by atoms with E-state index >= 15 is 0 Å². The van der Waals surface area contributed by atoms with Gasteiger partial charge in [0.25, 0.3) is 5.91 Å². The van der Waals surface area contributed by atoms with E-state index in [0.29, 0.717) is 24.3 Å². The predicted molar refractivity (Wildman–Crippen MR) is 153 cm³/mol. The lowest BCUT2D eigenvalue weighted by molar-refractivity contribution is -0.177. The normalized spacial score (nSPS) is 15.6. The van der Waals surface area contributed by atoms with Crippen molar-refractivity contribution in [3.63, 3.8) is 0 Å². The lowest BCUT2D eigenvalue weighted by Crippen LogP contribution is -2.40. The number of carbonyl (C=O) groups excluding carboxylic acids is 1. The summed E-state index contributed by atoms with van der Waals surface area (Å²) in [6.45, 7) is 2.55. The van der Waals surface area contributed by atoms with E-state index in [1.807, 2.05) is 6.92 Å². The lowest BCUT2D eigenvalue weighted by Gasteiger charge is -2.26. The van der Waals surface area contributed by atoms with Gasteiger partial charge in [0.15, 0.2) is 0 Å². The Hall–Kier alpha value is -4.15. The smallest absolute Gasteiger partial charge is 0.404 e. The van der Waals surface area contributed by atoms with Crippen molar-refractivity contribution in [3.05, 3.63) is 100 Å². The Morgan fingerprint density at radius 1 is 1.05 bits per heavy atom. The van der Waals surface area contributed by atoms with Crippen LogP contribution in [0.25, 0.3) is 11.3 Å². The summed E-state index contributed by atoms with van der Waals surface area (Å²) in [6, 6.07) is 16.5. The number of aryl methyl sites for hydroxylation is 1. The molecule has 1 amide bonds. The first-order chi connectivity index (χ1) is 20.0. The Labute approximate surface area is 245 Å². The zero-order valence-electron chi connectivity index (χ0n) is 22.6. The van der Waals surface area contributed by atoms with Gasteiger partial charge in [0.2, 0.25) is 5.28 Å². The minimum atomic E-state index is -4.26. The minimum absolute atomic E-state index is 0.000788. The number of alkyl halides is 3. The number of benzene rings is 3. The van der Waals surface area contributed by atoms with Crippen LogP contribution in [-0.2, 0) is 13.1 Å². The van der Waals surface area contributed by atoms with E-state index in [4.69, 9.17) is 11.6 Å². The first-order valence-electron chi connectivity index (χ1n) is 13.3. The molecule has 42 heavy (non-hydrogen) atoms. The van der Waals surface area contributed by atoms with Crippen molar-refractivity contribution in [3.8, 4) is 22.8 Å². The number of hydrogen-bond donors (Lipinski definition) is 2. The van der Waals surface area contributed by atoms with Gasteiger partial charge in [0, 0.05) is 30.1 Å². The number of carbonyl (C=O) groups is 1. The molecule has 3 aromatic carbocycles. The highest BCUT2D eigenvalue weighted by Gasteiger charge is 2.45. The summed E-state index contributed by atoms with van der Waals surface area (Å²) in [4.78, 5) is 24.9. The zero-order chi connectivity index (χ0) is 30.0. The highest BCUT2D eigenvalue weighted by molar-refractivity contribution is 6.28. The highest BCUT2D eigenvalue weighted by atomic mass is 35.5. The van der Waals surface area contributed by atoms with Gasteiger partial charge in [-0.2, -0.15) is 13.2 Å². The Morgan fingerprint density at radius 2 is 1.74 bits per heavy atom. The lowest BCUT2D eigenvalue weighted by atomic mass is 10.1. The van der Waals surface area contributed by atoms with Crippen molar-refractivity contribution in [2.24, 2.45) is 0 Å². The van der Waals surface area contributed by atoms with Crippen LogP contribution in [0.3, 0.4) is 0 Å². The summed E-state index contributed by atoms with van der Waals surface area (Å²) in [5, 5.41) is 20.2. The standard InChI is InChI=1S/C31H28ClF3N4O3/c1-19-16-36-30(32)37-28(19)22-8-10-23(11-9-22)39(29(42)25-13-12-24(40)15-26(25)41)18-21-6-4-20(5-7-21)17-38-14-2-3-27(38)31(33,34)35/h4-13,15-16,27,40-41H,2-3,14,17-18H2,1H3. The van der Waals surface area contributed by atoms with Gasteiger partial charge in [-0.15, -0.1) is 0 Å². The number of phenolic OH excluding ortho intramolecular Hbond substituents is 2. The summed E-state index contributed by atoms with van der Waals surface area (Å²) < 4.78 is 40.2. The summed E-state index contributed by atoms with van der Waals surface area (Å²) in [5.74, 6) is -1.05. The number of rotatable bonds is 7. The highest BCUT2D eigenvalue weighted by Crippen LogP contribution is 2.34. The van der Waals surface area contributed by atoms with E-state index in [0.717, 1.165) is 28.3 Å². The van der Waals surface area contributed by atoms with Crippen LogP contribution in [0.5, 0.6) is 11.5 Å². The maximum absolute atomic E-state index is 13.7. The van der Waals surface area contributed by atoms with E-state index in [1.165, 1.54) is 21.9 Å². The molecule has 0 saturated carbocycles. The molecule has 2 heterocycles. The number of amides is 1. The molecule has 1 aromatic heterocycles. The van der Waals surface area contributed by atoms with Crippen LogP contribution in [0.4, 0.5) is 18.9 Å². The van der Waals surface area contributed by atoms with Gasteiger partial charge in [-0.1, -0.05) is 36.4 Å². The van der Waals surface area contributed by atoms with Crippen LogP contribution in [0.2, 0.25) is 5.28 Å². The molecule has 1 aliphatic heterocycles. The number of hydrogen-bond acceptors (Lipinski definition) is 6. The number of halogens is 4. The summed E-state index contributed by atoms with van der Waals surface area (Å²) in [5.41, 5.74) is 4.25. The molecule has 0 radical (unpaired) electrons. The van der Waals surface area contributed by atoms with Crippen molar-refractivity contribution >= 4 is 23.2 Å². The first kappa shape index (κ1) is 29.3. The second-order valence-electron chi connectivity index (χ2n) is 10.3. The van der Waals surface area contributed by atoms with Crippen molar-refractivity contribution in [2.75, 3.05) is 11.4 Å². The number of likely N-dealkylation sites (tertiary alicyclic amines) is 1. The molecule has 218 valence electrons. The SMILES string of the molecule is Cc1cnc(Cl)nc1-c1ccc(N(Cc2ccc(CN3CCCC3C(F)(F)F)cc2)C(=O)c2ccc(O)cc2O)cc1. The quantitative estimate of drug-likeness (QED) is 0.226. The third-order valence-corrected chi connectivity index (χ3v) is 7.52. The summed E-state index contributed by atoms with van der Waals surface area (Å²) >= 11 is 5.99. The number of anilines is 1. The third kappa shape index (κ3) is 6.50. The molecule has 1 saturated heterocycles. The molecular formula is C31H28ClF3N4O3. The second-order valence-corrected chi connectivity index (χ2v) is 10.6. The van der Waals surface area contributed by atoms with E-state index in [-0.39, 0.29) is 41.9 Å². The van der Waals surface area contributed by atoms with Crippen molar-refractivity contribution in [1.29, 1.82) is 0 Å². The van der Waals surface area contributed by atoms with Gasteiger partial charge in [0.05, 0.1) is 17.8 Å². The summed E-state index contributed by atoms with van der Waals surface area (Å²) in [7, 11) is 0. The monoisotopic (exact) mass is 596 g/mol. The molecule has 0 spiro atoms. The van der Waals surface area contributed by atoms with Crippen molar-refractivity contribution in [1.82, 2.24) is 14.9 Å². The fourth-order valence-electron chi connectivity index (χ4n) is 5.19. The van der Waals surface area contributed by atoms with Gasteiger partial charge in [-0.3, -0.25) is 9.69 Å². The van der Waals surface area contributed by atoms with Gasteiger partial charge in [-0.05, 0) is 78.9 Å². The van der Waals surface area contributed by atoms with E-state index < -0.39 is 18.1 Å². The molecule has 0 aliphatic carbocycles. The number of phenols is 2. The molecule has 4 aromatic rings. The Balaban J connectivity index is 1.41. The Kier molecular flexibility index (Phi) is 8.38. The molecular weight excluding hydrogens is 569 g/mol. The first-order valence-corrected chi connectivity index (χ1v) is 13.7. The van der Waals surface area contributed by atoms with Crippen LogP contribution in [0.15, 0.2) is 72.9 Å². The Bertz CT molecular complexity index is 1580. The van der Waals surface area contributed by atoms with Crippen LogP contribution in [-0.4, -0.2) is 49.8 Å². The average molecular weight is 597 g/mol. The van der Waals surface area contributed by atoms with Gasteiger partial charge < -0.3 is 15.1 Å². The van der Waals surface area contributed by atoms with E-state index in [2.05, 4.69) is 9.97 Å². The second kappa shape index (κ2) is 12.0. The molecule has 1 atom stereocenters. The molecule has 5 rings (SSSR count). The third-order valence-electron chi connectivity index (χ3n) is 7.34. The molecule has 2 N–H and O–H groups in total. The van der Waals surface area contributed by atoms with Crippen LogP contribution in [0.1, 0.15) is 39.9 Å². The molecule has 11 heteroatoms. The number of aromatic hydroxyl groups is 2. The van der Waals surface area contributed by atoms with Crippen LogP contribution >= 0.6 is 11.6 Å². The molecule has 0 bridgehead atoms. The Morgan fingerprint density at radius 3 is 2.40 bits per heavy atom. The maximum atomic E-state index is 13.7. The topological polar surface area (TPSA) is 89.8 Å². The van der Waals surface area contributed by atoms with Crippen LogP contribution < -0.4 is 4.90 Å². The molecule has 1 fully saturated rings. The minimum Gasteiger partial charge on any atom is -0.508 e. The van der Waals surface area contributed by atoms with Crippen molar-refractivity contribution in [2.45, 2.75) is 45.1 Å². The number of nitrogens with zero attached hydrogens (tertiary/aromatic N) is 4. The predicted octanol–water partition coefficient (Wildman–Crippen LogP) is 6.89. The van der Waals surface area contributed by atoms with Crippen molar-refractivity contribution < 1.29 is 28.2 Å². The maximum Gasteiger partial charge on any atom is 0.404 e. The molecule has 1 unspecified atom stereocenters. The fraction of sp³-hybridized carbons (Fsp3) is 0.258. The van der Waals surface area contributed by atoms with Gasteiger partial charge >= 0.3 is 6.18 Å². The van der Waals surface area contributed by atoms with Crippen LogP contribution in [0, 0.1) is 6.92 Å². The average Bonchev–Trinajstić information content (AvgIpc) is 3.43. The van der Waals surface area contributed by atoms with Gasteiger partial charge in [-0.25, -0.2) is 9.97 Å². The summed E-state index contributed by atoms with van der Waals surface area (Å²) in [6.07, 6.45) is -2.03. The molecule has 1 aliphatic rings.